The van der Waals surface area contributed by atoms with Crippen molar-refractivity contribution in [1.29, 1.82) is 0 Å². The first kappa shape index (κ1) is 18.1. The van der Waals surface area contributed by atoms with Crippen molar-refractivity contribution in [2.75, 3.05) is 0 Å². The SMILES string of the molecule is O=C1NC(/C=C/c2ccc(-c3ccc4c(c3)COC4=O)o2)CC(C(F)(F)F)N1. The maximum Gasteiger partial charge on any atom is 0.408 e. The van der Waals surface area contributed by atoms with Crippen LogP contribution in [0.1, 0.15) is 28.1 Å². The number of esters is 1. The van der Waals surface area contributed by atoms with E-state index in [1.165, 1.54) is 12.2 Å². The van der Waals surface area contributed by atoms with E-state index in [9.17, 15) is 22.8 Å². The Morgan fingerprint density at radius 3 is 2.71 bits per heavy atom. The van der Waals surface area contributed by atoms with Crippen LogP contribution in [0.2, 0.25) is 0 Å². The van der Waals surface area contributed by atoms with Crippen molar-refractivity contribution in [2.45, 2.75) is 31.3 Å². The van der Waals surface area contributed by atoms with Crippen LogP contribution < -0.4 is 10.6 Å². The number of amides is 2. The first-order valence-corrected chi connectivity index (χ1v) is 8.52. The Kier molecular flexibility index (Phi) is 4.37. The number of hydrogen-bond donors (Lipinski definition) is 2. The Morgan fingerprint density at radius 2 is 1.93 bits per heavy atom. The average Bonchev–Trinajstić information content (AvgIpc) is 3.26. The van der Waals surface area contributed by atoms with E-state index in [-0.39, 0.29) is 19.0 Å². The van der Waals surface area contributed by atoms with Crippen molar-refractivity contribution in [1.82, 2.24) is 10.6 Å². The maximum atomic E-state index is 12.8. The van der Waals surface area contributed by atoms with Crippen molar-refractivity contribution < 1.29 is 31.9 Å². The van der Waals surface area contributed by atoms with Gasteiger partial charge in [-0.1, -0.05) is 12.1 Å². The van der Waals surface area contributed by atoms with E-state index in [4.69, 9.17) is 9.15 Å². The van der Waals surface area contributed by atoms with E-state index in [1.807, 2.05) is 5.32 Å². The summed E-state index contributed by atoms with van der Waals surface area (Å²) in [6, 6.07) is 5.07. The zero-order chi connectivity index (χ0) is 19.9. The molecule has 1 aromatic carbocycles. The molecular weight excluding hydrogens is 377 g/mol. The molecule has 2 aliphatic rings. The van der Waals surface area contributed by atoms with Crippen LogP contribution in [0.5, 0.6) is 0 Å². The lowest BCUT2D eigenvalue weighted by Gasteiger charge is -2.30. The number of nitrogens with one attached hydrogen (secondary N) is 2. The Labute approximate surface area is 157 Å². The first-order chi connectivity index (χ1) is 13.3. The van der Waals surface area contributed by atoms with Crippen molar-refractivity contribution in [3.8, 4) is 11.3 Å². The molecule has 2 atom stereocenters. The van der Waals surface area contributed by atoms with Gasteiger partial charge in [-0.05, 0) is 30.3 Å². The average molecular weight is 392 g/mol. The summed E-state index contributed by atoms with van der Waals surface area (Å²) in [6.45, 7) is 0.214. The van der Waals surface area contributed by atoms with Gasteiger partial charge in [-0.15, -0.1) is 0 Å². The molecule has 2 N–H and O–H groups in total. The third kappa shape index (κ3) is 3.60. The third-order valence-corrected chi connectivity index (χ3v) is 4.59. The van der Waals surface area contributed by atoms with Crippen LogP contribution in [0.3, 0.4) is 0 Å². The topological polar surface area (TPSA) is 80.6 Å². The molecule has 6 nitrogen and oxygen atoms in total. The highest BCUT2D eigenvalue weighted by Crippen LogP contribution is 2.29. The molecule has 1 aromatic heterocycles. The summed E-state index contributed by atoms with van der Waals surface area (Å²) in [5.41, 5.74) is 2.05. The molecule has 2 amide bonds. The number of urea groups is 1. The number of furan rings is 1. The zero-order valence-electron chi connectivity index (χ0n) is 14.4. The largest absolute Gasteiger partial charge is 0.457 e. The number of hydrogen-bond acceptors (Lipinski definition) is 4. The number of cyclic esters (lactones) is 1. The minimum absolute atomic E-state index is 0.214. The number of alkyl halides is 3. The number of carbonyl (C=O) groups excluding carboxylic acids is 2. The van der Waals surface area contributed by atoms with Crippen molar-refractivity contribution >= 4 is 18.1 Å². The molecule has 2 aromatic rings. The van der Waals surface area contributed by atoms with E-state index >= 15 is 0 Å². The molecule has 1 fully saturated rings. The van der Waals surface area contributed by atoms with E-state index in [2.05, 4.69) is 5.32 Å². The number of ether oxygens (including phenoxy) is 1. The lowest BCUT2D eigenvalue weighted by atomic mass is 10.0. The Morgan fingerprint density at radius 1 is 1.11 bits per heavy atom. The molecule has 2 aliphatic heterocycles. The Balaban J connectivity index is 1.48. The number of halogens is 3. The molecular formula is C19H15F3N2O4. The summed E-state index contributed by atoms with van der Waals surface area (Å²) in [7, 11) is 0. The van der Waals surface area contributed by atoms with Gasteiger partial charge in [-0.3, -0.25) is 0 Å². The van der Waals surface area contributed by atoms with E-state index in [0.717, 1.165) is 11.1 Å². The van der Waals surface area contributed by atoms with Crippen LogP contribution in [0.4, 0.5) is 18.0 Å². The second kappa shape index (κ2) is 6.74. The predicted octanol–water partition coefficient (Wildman–Crippen LogP) is 3.63. The summed E-state index contributed by atoms with van der Waals surface area (Å²) in [6.07, 6.45) is -1.82. The standard InChI is InChI=1S/C19H15F3N2O4/c20-19(21,22)16-8-12(23-18(26)24-16)2-3-13-4-6-15(28-13)10-1-5-14-11(7-10)9-27-17(14)25/h1-7,12,16H,8-9H2,(H2,23,24,26)/b3-2+. The van der Waals surface area contributed by atoms with Gasteiger partial charge >= 0.3 is 18.2 Å². The highest BCUT2D eigenvalue weighted by molar-refractivity contribution is 5.94. The van der Waals surface area contributed by atoms with Gasteiger partial charge in [0.05, 0.1) is 11.6 Å². The van der Waals surface area contributed by atoms with Crippen LogP contribution in [0.25, 0.3) is 17.4 Å². The van der Waals surface area contributed by atoms with Gasteiger partial charge < -0.3 is 19.8 Å². The third-order valence-electron chi connectivity index (χ3n) is 4.59. The molecule has 3 heterocycles. The van der Waals surface area contributed by atoms with Gasteiger partial charge in [0.1, 0.15) is 24.2 Å². The molecule has 0 saturated carbocycles. The molecule has 0 aliphatic carbocycles. The molecule has 4 rings (SSSR count). The first-order valence-electron chi connectivity index (χ1n) is 8.52. The van der Waals surface area contributed by atoms with Gasteiger partial charge in [-0.25, -0.2) is 9.59 Å². The van der Waals surface area contributed by atoms with Crippen LogP contribution >= 0.6 is 0 Å². The van der Waals surface area contributed by atoms with Crippen molar-refractivity contribution in [2.24, 2.45) is 0 Å². The summed E-state index contributed by atoms with van der Waals surface area (Å²) >= 11 is 0. The molecule has 1 saturated heterocycles. The number of rotatable bonds is 3. The molecule has 0 radical (unpaired) electrons. The fraction of sp³-hybridized carbons (Fsp3) is 0.263. The minimum Gasteiger partial charge on any atom is -0.457 e. The van der Waals surface area contributed by atoms with Crippen LogP contribution in [-0.4, -0.2) is 30.3 Å². The fourth-order valence-corrected chi connectivity index (χ4v) is 3.18. The second-order valence-corrected chi connectivity index (χ2v) is 6.56. The predicted molar refractivity (Wildman–Crippen MR) is 92.2 cm³/mol. The second-order valence-electron chi connectivity index (χ2n) is 6.56. The van der Waals surface area contributed by atoms with E-state index in [0.29, 0.717) is 17.1 Å². The molecule has 0 bridgehead atoms. The highest BCUT2D eigenvalue weighted by atomic mass is 19.4. The van der Waals surface area contributed by atoms with Crippen molar-refractivity contribution in [3.63, 3.8) is 0 Å². The van der Waals surface area contributed by atoms with Crippen molar-refractivity contribution in [3.05, 3.63) is 53.3 Å². The monoisotopic (exact) mass is 392 g/mol. The molecule has 28 heavy (non-hydrogen) atoms. The number of fused-ring (bicyclic) bond motifs is 1. The Hall–Kier alpha value is -3.23. The smallest absolute Gasteiger partial charge is 0.408 e. The van der Waals surface area contributed by atoms with Gasteiger partial charge in [0.15, 0.2) is 0 Å². The maximum absolute atomic E-state index is 12.8. The van der Waals surface area contributed by atoms with Gasteiger partial charge in [-0.2, -0.15) is 13.2 Å². The summed E-state index contributed by atoms with van der Waals surface area (Å²) in [5.74, 6) is 0.620. The van der Waals surface area contributed by atoms with Crippen LogP contribution in [0, 0.1) is 0 Å². The quantitative estimate of drug-likeness (QED) is 0.782. The molecule has 146 valence electrons. The van der Waals surface area contributed by atoms with Crippen LogP contribution in [0.15, 0.2) is 40.8 Å². The lowest BCUT2D eigenvalue weighted by molar-refractivity contribution is -0.157. The van der Waals surface area contributed by atoms with E-state index in [1.54, 1.807) is 30.3 Å². The number of benzene rings is 1. The molecule has 2 unspecified atom stereocenters. The minimum atomic E-state index is -4.50. The summed E-state index contributed by atoms with van der Waals surface area (Å²) < 4.78 is 49.2. The van der Waals surface area contributed by atoms with E-state index < -0.39 is 24.3 Å². The van der Waals surface area contributed by atoms with Gasteiger partial charge in [0, 0.05) is 17.5 Å². The molecule has 0 spiro atoms. The van der Waals surface area contributed by atoms with Crippen LogP contribution in [-0.2, 0) is 11.3 Å². The summed E-state index contributed by atoms with van der Waals surface area (Å²) in [5, 5.41) is 4.30. The fourth-order valence-electron chi connectivity index (χ4n) is 3.18. The van der Waals surface area contributed by atoms with Gasteiger partial charge in [0.25, 0.3) is 0 Å². The summed E-state index contributed by atoms with van der Waals surface area (Å²) in [4.78, 5) is 22.9. The Bertz CT molecular complexity index is 964. The number of carbonyl (C=O) groups is 2. The highest BCUT2D eigenvalue weighted by Gasteiger charge is 2.44. The normalized spacial score (nSPS) is 22.0. The van der Waals surface area contributed by atoms with Gasteiger partial charge in [0.2, 0.25) is 0 Å². The zero-order valence-corrected chi connectivity index (χ0v) is 14.4. The lowest BCUT2D eigenvalue weighted by Crippen LogP contribution is -2.58. The molecule has 9 heteroatoms.